The van der Waals surface area contributed by atoms with Crippen molar-refractivity contribution in [3.63, 3.8) is 0 Å². The maximum absolute atomic E-state index is 12.4. The second-order valence-electron chi connectivity index (χ2n) is 5.07. The SMILES string of the molecule is CC(C)N(Cc1cccnc1)C(=O)[C@@H]1CCCN1. The zero-order valence-corrected chi connectivity index (χ0v) is 11.1. The van der Waals surface area contributed by atoms with E-state index in [4.69, 9.17) is 0 Å². The van der Waals surface area contributed by atoms with Crippen LogP contribution in [-0.4, -0.2) is 34.4 Å². The number of rotatable bonds is 4. The van der Waals surface area contributed by atoms with Gasteiger partial charge >= 0.3 is 0 Å². The molecule has 1 aliphatic heterocycles. The zero-order chi connectivity index (χ0) is 13.0. The Labute approximate surface area is 108 Å². The maximum Gasteiger partial charge on any atom is 0.240 e. The second-order valence-corrected chi connectivity index (χ2v) is 5.07. The van der Waals surface area contributed by atoms with Gasteiger partial charge in [-0.15, -0.1) is 0 Å². The highest BCUT2D eigenvalue weighted by Gasteiger charge is 2.28. The Morgan fingerprint density at radius 3 is 3.00 bits per heavy atom. The number of carbonyl (C=O) groups excluding carboxylic acids is 1. The third kappa shape index (κ3) is 3.07. The lowest BCUT2D eigenvalue weighted by molar-refractivity contribution is -0.135. The predicted octanol–water partition coefficient (Wildman–Crippen LogP) is 1.57. The molecule has 0 radical (unpaired) electrons. The smallest absolute Gasteiger partial charge is 0.240 e. The molecule has 4 nitrogen and oxygen atoms in total. The fraction of sp³-hybridized carbons (Fsp3) is 0.571. The summed E-state index contributed by atoms with van der Waals surface area (Å²) in [6, 6.07) is 4.13. The van der Waals surface area contributed by atoms with Gasteiger partial charge in [-0.2, -0.15) is 0 Å². The highest BCUT2D eigenvalue weighted by molar-refractivity contribution is 5.82. The largest absolute Gasteiger partial charge is 0.335 e. The number of hydrogen-bond acceptors (Lipinski definition) is 3. The number of nitrogens with zero attached hydrogens (tertiary/aromatic N) is 2. The molecule has 18 heavy (non-hydrogen) atoms. The van der Waals surface area contributed by atoms with Crippen LogP contribution in [0.3, 0.4) is 0 Å². The number of carbonyl (C=O) groups is 1. The fourth-order valence-electron chi connectivity index (χ4n) is 2.30. The van der Waals surface area contributed by atoms with Crippen LogP contribution in [0.5, 0.6) is 0 Å². The third-order valence-corrected chi connectivity index (χ3v) is 3.34. The Balaban J connectivity index is 2.06. The molecule has 0 spiro atoms. The Morgan fingerprint density at radius 1 is 1.61 bits per heavy atom. The molecular formula is C14H21N3O. The van der Waals surface area contributed by atoms with Gasteiger partial charge < -0.3 is 10.2 Å². The van der Waals surface area contributed by atoms with Crippen LogP contribution >= 0.6 is 0 Å². The minimum Gasteiger partial charge on any atom is -0.335 e. The van der Waals surface area contributed by atoms with Crippen molar-refractivity contribution in [2.45, 2.75) is 45.3 Å². The van der Waals surface area contributed by atoms with E-state index in [1.807, 2.05) is 23.2 Å². The molecule has 0 unspecified atom stereocenters. The Hall–Kier alpha value is -1.42. The molecule has 1 fully saturated rings. The van der Waals surface area contributed by atoms with Gasteiger partial charge in [0.1, 0.15) is 0 Å². The van der Waals surface area contributed by atoms with Crippen LogP contribution in [0.1, 0.15) is 32.3 Å². The van der Waals surface area contributed by atoms with Crippen LogP contribution < -0.4 is 5.32 Å². The van der Waals surface area contributed by atoms with Crippen LogP contribution in [0, 0.1) is 0 Å². The van der Waals surface area contributed by atoms with Gasteiger partial charge in [0.25, 0.3) is 0 Å². The standard InChI is InChI=1S/C14H21N3O/c1-11(2)17(10-12-5-3-7-15-9-12)14(18)13-6-4-8-16-13/h3,5,7,9,11,13,16H,4,6,8,10H2,1-2H3/t13-/m0/s1. The van der Waals surface area contributed by atoms with Crippen LogP contribution in [0.15, 0.2) is 24.5 Å². The van der Waals surface area contributed by atoms with Crippen LogP contribution in [-0.2, 0) is 11.3 Å². The van der Waals surface area contributed by atoms with E-state index in [2.05, 4.69) is 24.1 Å². The number of aromatic nitrogens is 1. The molecule has 1 saturated heterocycles. The van der Waals surface area contributed by atoms with Crippen molar-refractivity contribution >= 4 is 5.91 Å². The molecule has 2 heterocycles. The van der Waals surface area contributed by atoms with Gasteiger partial charge in [-0.1, -0.05) is 6.07 Å². The van der Waals surface area contributed by atoms with E-state index in [0.29, 0.717) is 6.54 Å². The van der Waals surface area contributed by atoms with Gasteiger partial charge in [-0.25, -0.2) is 0 Å². The molecule has 98 valence electrons. The predicted molar refractivity (Wildman–Crippen MR) is 70.9 cm³/mol. The zero-order valence-electron chi connectivity index (χ0n) is 11.1. The van der Waals surface area contributed by atoms with Crippen molar-refractivity contribution in [2.75, 3.05) is 6.54 Å². The third-order valence-electron chi connectivity index (χ3n) is 3.34. The Morgan fingerprint density at radius 2 is 2.44 bits per heavy atom. The summed E-state index contributed by atoms with van der Waals surface area (Å²) < 4.78 is 0. The van der Waals surface area contributed by atoms with Crippen LogP contribution in [0.25, 0.3) is 0 Å². The van der Waals surface area contributed by atoms with Crippen molar-refractivity contribution in [3.05, 3.63) is 30.1 Å². The van der Waals surface area contributed by atoms with Crippen molar-refractivity contribution in [3.8, 4) is 0 Å². The summed E-state index contributed by atoms with van der Waals surface area (Å²) >= 11 is 0. The molecule has 2 rings (SSSR count). The lowest BCUT2D eigenvalue weighted by Gasteiger charge is -2.29. The van der Waals surface area contributed by atoms with E-state index in [1.165, 1.54) is 0 Å². The van der Waals surface area contributed by atoms with Gasteiger partial charge in [-0.3, -0.25) is 9.78 Å². The molecule has 0 saturated carbocycles. The average Bonchev–Trinajstić information content (AvgIpc) is 2.90. The molecule has 0 bridgehead atoms. The summed E-state index contributed by atoms with van der Waals surface area (Å²) in [5.41, 5.74) is 1.08. The lowest BCUT2D eigenvalue weighted by Crippen LogP contribution is -2.46. The molecular weight excluding hydrogens is 226 g/mol. The first-order valence-electron chi connectivity index (χ1n) is 6.61. The molecule has 1 aromatic rings. The molecule has 1 aromatic heterocycles. The van der Waals surface area contributed by atoms with Crippen molar-refractivity contribution < 1.29 is 4.79 Å². The quantitative estimate of drug-likeness (QED) is 0.878. The summed E-state index contributed by atoms with van der Waals surface area (Å²) in [5.74, 6) is 0.214. The first kappa shape index (κ1) is 13.0. The van der Waals surface area contributed by atoms with Gasteiger partial charge in [0.05, 0.1) is 6.04 Å². The molecule has 1 N–H and O–H groups in total. The molecule has 1 atom stereocenters. The monoisotopic (exact) mass is 247 g/mol. The summed E-state index contributed by atoms with van der Waals surface area (Å²) in [6.07, 6.45) is 5.62. The number of nitrogens with one attached hydrogen (secondary N) is 1. The maximum atomic E-state index is 12.4. The van der Waals surface area contributed by atoms with Gasteiger partial charge in [0.15, 0.2) is 0 Å². The van der Waals surface area contributed by atoms with E-state index < -0.39 is 0 Å². The Bertz CT molecular complexity index is 385. The highest BCUT2D eigenvalue weighted by Crippen LogP contribution is 2.14. The summed E-state index contributed by atoms with van der Waals surface area (Å²) in [5, 5.41) is 3.27. The number of amides is 1. The van der Waals surface area contributed by atoms with Gasteiger partial charge in [0.2, 0.25) is 5.91 Å². The molecule has 1 aliphatic rings. The molecule has 0 aliphatic carbocycles. The topological polar surface area (TPSA) is 45.2 Å². The first-order chi connectivity index (χ1) is 8.68. The molecule has 4 heteroatoms. The molecule has 0 aromatic carbocycles. The van der Waals surface area contributed by atoms with Crippen molar-refractivity contribution in [1.82, 2.24) is 15.2 Å². The second kappa shape index (κ2) is 5.96. The molecule has 1 amide bonds. The highest BCUT2D eigenvalue weighted by atomic mass is 16.2. The number of hydrogen-bond donors (Lipinski definition) is 1. The lowest BCUT2D eigenvalue weighted by atomic mass is 10.1. The summed E-state index contributed by atoms with van der Waals surface area (Å²) in [7, 11) is 0. The minimum absolute atomic E-state index is 0.00377. The van der Waals surface area contributed by atoms with Crippen molar-refractivity contribution in [2.24, 2.45) is 0 Å². The van der Waals surface area contributed by atoms with E-state index in [1.54, 1.807) is 6.20 Å². The summed E-state index contributed by atoms with van der Waals surface area (Å²) in [6.45, 7) is 5.71. The fourth-order valence-corrected chi connectivity index (χ4v) is 2.30. The van der Waals surface area contributed by atoms with Crippen molar-refractivity contribution in [1.29, 1.82) is 0 Å². The van der Waals surface area contributed by atoms with Crippen LogP contribution in [0.4, 0.5) is 0 Å². The Kier molecular flexibility index (Phi) is 4.31. The summed E-state index contributed by atoms with van der Waals surface area (Å²) in [4.78, 5) is 18.5. The first-order valence-corrected chi connectivity index (χ1v) is 6.61. The van der Waals surface area contributed by atoms with E-state index in [0.717, 1.165) is 24.9 Å². The van der Waals surface area contributed by atoms with Crippen LogP contribution in [0.2, 0.25) is 0 Å². The minimum atomic E-state index is 0.00377. The van der Waals surface area contributed by atoms with Gasteiger partial charge in [-0.05, 0) is 44.9 Å². The van der Waals surface area contributed by atoms with E-state index >= 15 is 0 Å². The average molecular weight is 247 g/mol. The number of pyridine rings is 1. The van der Waals surface area contributed by atoms with E-state index in [9.17, 15) is 4.79 Å². The van der Waals surface area contributed by atoms with E-state index in [-0.39, 0.29) is 18.0 Å². The normalized spacial score (nSPS) is 19.2. The van der Waals surface area contributed by atoms with Gasteiger partial charge in [0, 0.05) is 25.0 Å².